The molecule has 0 amide bonds. The number of rotatable bonds is 7. The van der Waals surface area contributed by atoms with Crippen molar-refractivity contribution in [2.45, 2.75) is 52.4 Å². The third kappa shape index (κ3) is 5.37. The van der Waals surface area contributed by atoms with Crippen LogP contribution < -0.4 is 14.8 Å². The average molecular weight is 506 g/mol. The zero-order valence-corrected chi connectivity index (χ0v) is 20.6. The number of carbonyl (C=O) groups is 1. The Morgan fingerprint density at radius 1 is 1.19 bits per heavy atom. The number of aromatic carboxylic acids is 1. The zero-order valence-electron chi connectivity index (χ0n) is 20.6. The van der Waals surface area contributed by atoms with Gasteiger partial charge in [0.15, 0.2) is 0 Å². The number of imidazole rings is 1. The van der Waals surface area contributed by atoms with E-state index in [1.54, 1.807) is 6.07 Å². The topological polar surface area (TPSA) is 85.6 Å². The molecular weight excluding hydrogens is 475 g/mol. The quantitative estimate of drug-likeness (QED) is 0.359. The van der Waals surface area contributed by atoms with Crippen LogP contribution in [0.15, 0.2) is 36.4 Å². The van der Waals surface area contributed by atoms with Crippen molar-refractivity contribution in [3.05, 3.63) is 42.0 Å². The summed E-state index contributed by atoms with van der Waals surface area (Å²) in [5, 5.41) is 12.9. The van der Waals surface area contributed by atoms with E-state index in [0.29, 0.717) is 34.9 Å². The first-order valence-electron chi connectivity index (χ1n) is 11.9. The number of aromatic nitrogens is 2. The SMILES string of the molecule is COc1cc2c(cc1C(=O)O)nc(Nc1ccc(OC(F)(F)F)cc1)n2[C@@H]1C[C@H](C)CC[C@@H]1C(C)C. The summed E-state index contributed by atoms with van der Waals surface area (Å²) < 4.78 is 49.1. The van der Waals surface area contributed by atoms with Gasteiger partial charge in [-0.1, -0.05) is 27.2 Å². The van der Waals surface area contributed by atoms with Gasteiger partial charge in [-0.2, -0.15) is 0 Å². The molecule has 3 aromatic rings. The van der Waals surface area contributed by atoms with Crippen molar-refractivity contribution in [1.29, 1.82) is 0 Å². The maximum Gasteiger partial charge on any atom is 0.573 e. The number of benzene rings is 2. The number of fused-ring (bicyclic) bond motifs is 1. The molecule has 194 valence electrons. The van der Waals surface area contributed by atoms with Crippen molar-refractivity contribution >= 4 is 28.6 Å². The van der Waals surface area contributed by atoms with Gasteiger partial charge < -0.3 is 24.5 Å². The minimum atomic E-state index is -4.77. The van der Waals surface area contributed by atoms with Crippen molar-refractivity contribution in [3.8, 4) is 11.5 Å². The van der Waals surface area contributed by atoms with Crippen molar-refractivity contribution in [3.63, 3.8) is 0 Å². The number of nitrogens with zero attached hydrogens (tertiary/aromatic N) is 2. The summed E-state index contributed by atoms with van der Waals surface area (Å²) in [6.45, 7) is 6.61. The molecule has 36 heavy (non-hydrogen) atoms. The molecule has 0 saturated heterocycles. The highest BCUT2D eigenvalue weighted by Crippen LogP contribution is 2.45. The molecule has 1 aromatic heterocycles. The van der Waals surface area contributed by atoms with Crippen LogP contribution in [0, 0.1) is 17.8 Å². The number of hydrogen-bond acceptors (Lipinski definition) is 5. The second-order valence-electron chi connectivity index (χ2n) is 9.74. The fraction of sp³-hybridized carbons (Fsp3) is 0.462. The highest BCUT2D eigenvalue weighted by molar-refractivity contribution is 5.96. The summed E-state index contributed by atoms with van der Waals surface area (Å²) in [6, 6.07) is 8.72. The lowest BCUT2D eigenvalue weighted by atomic mass is 9.74. The van der Waals surface area contributed by atoms with E-state index < -0.39 is 12.3 Å². The van der Waals surface area contributed by atoms with Gasteiger partial charge >= 0.3 is 12.3 Å². The summed E-state index contributed by atoms with van der Waals surface area (Å²) >= 11 is 0. The maximum absolute atomic E-state index is 12.5. The van der Waals surface area contributed by atoms with Crippen LogP contribution in [0.25, 0.3) is 11.0 Å². The van der Waals surface area contributed by atoms with Crippen LogP contribution in [0.4, 0.5) is 24.8 Å². The normalized spacial score (nSPS) is 20.5. The lowest BCUT2D eigenvalue weighted by molar-refractivity contribution is -0.274. The van der Waals surface area contributed by atoms with E-state index in [-0.39, 0.29) is 23.1 Å². The molecule has 2 N–H and O–H groups in total. The second kappa shape index (κ2) is 9.91. The average Bonchev–Trinajstić information content (AvgIpc) is 3.14. The van der Waals surface area contributed by atoms with Crippen LogP contribution in [0.1, 0.15) is 56.4 Å². The summed E-state index contributed by atoms with van der Waals surface area (Å²) in [6.07, 6.45) is -1.67. The Balaban J connectivity index is 1.82. The van der Waals surface area contributed by atoms with Gasteiger partial charge in [0.25, 0.3) is 0 Å². The van der Waals surface area contributed by atoms with Crippen LogP contribution in [-0.4, -0.2) is 34.1 Å². The maximum atomic E-state index is 12.5. The number of alkyl halides is 3. The van der Waals surface area contributed by atoms with Gasteiger partial charge in [0.2, 0.25) is 5.95 Å². The van der Waals surface area contributed by atoms with Crippen molar-refractivity contribution < 1.29 is 32.5 Å². The van der Waals surface area contributed by atoms with E-state index in [4.69, 9.17) is 9.72 Å². The number of ether oxygens (including phenoxy) is 2. The molecule has 0 radical (unpaired) electrons. The molecule has 1 aliphatic rings. The first-order chi connectivity index (χ1) is 17.0. The van der Waals surface area contributed by atoms with Gasteiger partial charge in [0, 0.05) is 17.8 Å². The lowest BCUT2D eigenvalue weighted by Crippen LogP contribution is -2.30. The van der Waals surface area contributed by atoms with Crippen LogP contribution >= 0.6 is 0 Å². The van der Waals surface area contributed by atoms with Crippen LogP contribution in [0.2, 0.25) is 0 Å². The molecule has 0 unspecified atom stereocenters. The van der Waals surface area contributed by atoms with E-state index in [0.717, 1.165) is 24.8 Å². The van der Waals surface area contributed by atoms with Gasteiger partial charge in [-0.15, -0.1) is 13.2 Å². The summed E-state index contributed by atoms with van der Waals surface area (Å²) in [7, 11) is 1.43. The largest absolute Gasteiger partial charge is 0.573 e. The van der Waals surface area contributed by atoms with Gasteiger partial charge in [0.05, 0.1) is 18.1 Å². The monoisotopic (exact) mass is 505 g/mol. The molecule has 7 nitrogen and oxygen atoms in total. The third-order valence-electron chi connectivity index (χ3n) is 6.90. The highest BCUT2D eigenvalue weighted by Gasteiger charge is 2.35. The van der Waals surface area contributed by atoms with Gasteiger partial charge in [-0.05, 0) is 60.9 Å². The van der Waals surface area contributed by atoms with Crippen molar-refractivity contribution in [2.75, 3.05) is 12.4 Å². The smallest absolute Gasteiger partial charge is 0.496 e. The number of hydrogen-bond donors (Lipinski definition) is 2. The third-order valence-corrected chi connectivity index (χ3v) is 6.90. The fourth-order valence-electron chi connectivity index (χ4n) is 5.20. The molecule has 0 aliphatic heterocycles. The Bertz CT molecular complexity index is 1240. The highest BCUT2D eigenvalue weighted by atomic mass is 19.4. The summed E-state index contributed by atoms with van der Waals surface area (Å²) in [4.78, 5) is 16.5. The minimum absolute atomic E-state index is 0.00674. The molecule has 10 heteroatoms. The predicted molar refractivity (Wildman–Crippen MR) is 130 cm³/mol. The number of carboxylic acids is 1. The molecule has 1 fully saturated rings. The predicted octanol–water partition coefficient (Wildman–Crippen LogP) is 7.02. The Kier molecular flexibility index (Phi) is 7.06. The Labute approximate surface area is 207 Å². The first-order valence-corrected chi connectivity index (χ1v) is 11.9. The van der Waals surface area contributed by atoms with Crippen LogP contribution in [0.5, 0.6) is 11.5 Å². The molecule has 2 aromatic carbocycles. The van der Waals surface area contributed by atoms with Gasteiger partial charge in [-0.3, -0.25) is 0 Å². The molecule has 1 saturated carbocycles. The lowest BCUT2D eigenvalue weighted by Gasteiger charge is -2.39. The molecule has 0 spiro atoms. The van der Waals surface area contributed by atoms with Crippen LogP contribution in [0.3, 0.4) is 0 Å². The molecule has 0 bridgehead atoms. The molecule has 1 aliphatic carbocycles. The number of methoxy groups -OCH3 is 1. The first kappa shape index (κ1) is 25.7. The number of nitrogens with one attached hydrogen (secondary N) is 1. The van der Waals surface area contributed by atoms with E-state index in [1.165, 1.54) is 37.4 Å². The van der Waals surface area contributed by atoms with E-state index in [2.05, 4.69) is 35.4 Å². The fourth-order valence-corrected chi connectivity index (χ4v) is 5.20. The van der Waals surface area contributed by atoms with Crippen molar-refractivity contribution in [1.82, 2.24) is 9.55 Å². The second-order valence-corrected chi connectivity index (χ2v) is 9.74. The summed E-state index contributed by atoms with van der Waals surface area (Å²) in [5.74, 6) is 0.556. The Morgan fingerprint density at radius 2 is 1.89 bits per heavy atom. The molecule has 3 atom stereocenters. The minimum Gasteiger partial charge on any atom is -0.496 e. The zero-order chi connectivity index (χ0) is 26.2. The molecule has 1 heterocycles. The standard InChI is InChI=1S/C26H30F3N3O4/c1-14(2)18-10-5-15(3)11-21(18)32-22-13-23(35-4)19(24(33)34)12-20(22)31-25(32)30-16-6-8-17(9-7-16)36-26(27,28)29/h6-9,12-15,18,21H,5,10-11H2,1-4H3,(H,30,31)(H,33,34)/t15-,18-,21-/m1/s1. The van der Waals surface area contributed by atoms with E-state index >= 15 is 0 Å². The molecule has 4 rings (SSSR count). The number of halogens is 3. The summed E-state index contributed by atoms with van der Waals surface area (Å²) in [5.41, 5.74) is 1.76. The molecular formula is C26H30F3N3O4. The van der Waals surface area contributed by atoms with E-state index in [1.807, 2.05) is 0 Å². The van der Waals surface area contributed by atoms with Crippen LogP contribution in [-0.2, 0) is 0 Å². The van der Waals surface area contributed by atoms with E-state index in [9.17, 15) is 23.1 Å². The Morgan fingerprint density at radius 3 is 2.47 bits per heavy atom. The van der Waals surface area contributed by atoms with Gasteiger partial charge in [0.1, 0.15) is 17.1 Å². The van der Waals surface area contributed by atoms with Crippen molar-refractivity contribution in [2.24, 2.45) is 17.8 Å². The Hall–Kier alpha value is -3.43. The number of carboxylic acid groups (broad SMARTS) is 1. The number of anilines is 2. The van der Waals surface area contributed by atoms with Gasteiger partial charge in [-0.25, -0.2) is 9.78 Å².